The lowest BCUT2D eigenvalue weighted by Crippen LogP contribution is -2.45. The molecule has 1 aliphatic rings. The number of nitrogens with zero attached hydrogens (tertiary/aromatic N) is 2. The molecule has 0 aliphatic carbocycles. The molecule has 7 heteroatoms. The van der Waals surface area contributed by atoms with Crippen molar-refractivity contribution in [3.05, 3.63) is 16.1 Å². The van der Waals surface area contributed by atoms with Gasteiger partial charge in [-0.2, -0.15) is 0 Å². The van der Waals surface area contributed by atoms with Crippen LogP contribution in [0, 0.1) is 5.92 Å². The average molecular weight is 338 g/mol. The Kier molecular flexibility index (Phi) is 5.62. The maximum absolute atomic E-state index is 12.3. The van der Waals surface area contributed by atoms with Crippen molar-refractivity contribution in [1.29, 1.82) is 0 Å². The van der Waals surface area contributed by atoms with E-state index >= 15 is 0 Å². The van der Waals surface area contributed by atoms with Gasteiger partial charge in [0.2, 0.25) is 5.91 Å². The molecule has 1 atom stereocenters. The summed E-state index contributed by atoms with van der Waals surface area (Å²) in [6, 6.07) is -0.0910. The van der Waals surface area contributed by atoms with Crippen LogP contribution in [0.3, 0.4) is 0 Å². The zero-order valence-corrected chi connectivity index (χ0v) is 14.9. The molecule has 0 radical (unpaired) electrons. The lowest BCUT2D eigenvalue weighted by atomic mass is 9.93. The minimum absolute atomic E-state index is 0.0214. The van der Waals surface area contributed by atoms with Gasteiger partial charge in [0.05, 0.1) is 12.2 Å². The van der Waals surface area contributed by atoms with E-state index in [1.54, 1.807) is 16.2 Å². The number of nitrogens with two attached hydrogens (primary N) is 1. The zero-order valence-electron chi connectivity index (χ0n) is 14.1. The molecule has 6 nitrogen and oxygen atoms in total. The molecule has 1 aromatic heterocycles. The van der Waals surface area contributed by atoms with Crippen LogP contribution in [0.2, 0.25) is 0 Å². The predicted molar refractivity (Wildman–Crippen MR) is 91.2 cm³/mol. The van der Waals surface area contributed by atoms with E-state index in [1.165, 1.54) is 0 Å². The summed E-state index contributed by atoms with van der Waals surface area (Å²) in [5, 5.41) is 5.88. The van der Waals surface area contributed by atoms with E-state index in [2.05, 4.69) is 31.1 Å². The molecule has 2 heterocycles. The van der Waals surface area contributed by atoms with Crippen LogP contribution in [0.1, 0.15) is 50.7 Å². The number of aromatic nitrogens is 1. The summed E-state index contributed by atoms with van der Waals surface area (Å²) in [5.41, 5.74) is 6.32. The van der Waals surface area contributed by atoms with Gasteiger partial charge in [0.1, 0.15) is 5.01 Å². The number of rotatable bonds is 4. The van der Waals surface area contributed by atoms with E-state index in [0.717, 1.165) is 30.1 Å². The number of carbonyl (C=O) groups is 2. The lowest BCUT2D eigenvalue weighted by Gasteiger charge is -2.32. The number of nitrogens with one attached hydrogen (secondary N) is 1. The van der Waals surface area contributed by atoms with Crippen molar-refractivity contribution in [1.82, 2.24) is 15.2 Å². The van der Waals surface area contributed by atoms with E-state index in [9.17, 15) is 9.59 Å². The molecule has 128 valence electrons. The predicted octanol–water partition coefficient (Wildman–Crippen LogP) is 2.24. The second-order valence-electron chi connectivity index (χ2n) is 7.16. The molecule has 0 aromatic carbocycles. The third-order valence-corrected chi connectivity index (χ3v) is 4.86. The van der Waals surface area contributed by atoms with Gasteiger partial charge < -0.3 is 16.0 Å². The first kappa shape index (κ1) is 17.7. The Balaban J connectivity index is 1.84. The third-order valence-electron chi connectivity index (χ3n) is 4.01. The summed E-state index contributed by atoms with van der Waals surface area (Å²) in [7, 11) is 0. The van der Waals surface area contributed by atoms with Crippen LogP contribution in [0.5, 0.6) is 0 Å². The summed E-state index contributed by atoms with van der Waals surface area (Å²) in [6.45, 7) is 8.13. The molecule has 3 N–H and O–H groups in total. The van der Waals surface area contributed by atoms with Gasteiger partial charge in [-0.25, -0.2) is 9.78 Å². The highest BCUT2D eigenvalue weighted by Crippen LogP contribution is 2.24. The maximum Gasteiger partial charge on any atom is 0.317 e. The summed E-state index contributed by atoms with van der Waals surface area (Å²) in [4.78, 5) is 29.7. The average Bonchev–Trinajstić information content (AvgIpc) is 2.93. The number of likely N-dealkylation sites (tertiary alicyclic amines) is 1. The molecule has 1 aliphatic heterocycles. The van der Waals surface area contributed by atoms with Crippen LogP contribution in [0.25, 0.3) is 0 Å². The van der Waals surface area contributed by atoms with E-state index in [4.69, 9.17) is 5.73 Å². The number of hydrogen-bond donors (Lipinski definition) is 2. The molecule has 1 saturated heterocycles. The Morgan fingerprint density at radius 1 is 1.48 bits per heavy atom. The molecule has 0 saturated carbocycles. The van der Waals surface area contributed by atoms with Crippen molar-refractivity contribution < 1.29 is 9.59 Å². The Morgan fingerprint density at radius 3 is 2.83 bits per heavy atom. The van der Waals surface area contributed by atoms with Gasteiger partial charge in [0, 0.05) is 30.3 Å². The van der Waals surface area contributed by atoms with Crippen LogP contribution >= 0.6 is 11.3 Å². The first-order chi connectivity index (χ1) is 10.8. The minimum atomic E-state index is -0.297. The highest BCUT2D eigenvalue weighted by molar-refractivity contribution is 7.09. The molecular formula is C16H26N4O2S. The summed E-state index contributed by atoms with van der Waals surface area (Å²) in [5.74, 6) is -0.117. The van der Waals surface area contributed by atoms with Gasteiger partial charge in [-0.3, -0.25) is 4.79 Å². The lowest BCUT2D eigenvalue weighted by molar-refractivity contribution is -0.119. The van der Waals surface area contributed by atoms with Gasteiger partial charge in [0.15, 0.2) is 0 Å². The Hall–Kier alpha value is -1.63. The second kappa shape index (κ2) is 7.29. The molecular weight excluding hydrogens is 312 g/mol. The SMILES string of the molecule is CC(C)(C)c1csc(CNC(=O)N2CCC[C@@H](CC(N)=O)C2)n1. The number of primary amides is 1. The summed E-state index contributed by atoms with van der Waals surface area (Å²) < 4.78 is 0. The smallest absolute Gasteiger partial charge is 0.317 e. The standard InChI is InChI=1S/C16H26N4O2S/c1-16(2,3)12-10-23-14(19-12)8-18-15(22)20-6-4-5-11(9-20)7-13(17)21/h10-11H,4-9H2,1-3H3,(H2,17,21)(H,18,22)/t11-/m0/s1. The van der Waals surface area contributed by atoms with Gasteiger partial charge in [-0.05, 0) is 18.8 Å². The molecule has 0 unspecified atom stereocenters. The Morgan fingerprint density at radius 2 is 2.22 bits per heavy atom. The van der Waals surface area contributed by atoms with Gasteiger partial charge >= 0.3 is 6.03 Å². The third kappa shape index (κ3) is 5.20. The van der Waals surface area contributed by atoms with E-state index in [1.807, 2.05) is 5.38 Å². The van der Waals surface area contributed by atoms with Gasteiger partial charge in [-0.1, -0.05) is 20.8 Å². The molecule has 2 rings (SSSR count). The van der Waals surface area contributed by atoms with Crippen molar-refractivity contribution in [2.24, 2.45) is 11.7 Å². The monoisotopic (exact) mass is 338 g/mol. The van der Waals surface area contributed by atoms with Crippen LogP contribution in [-0.2, 0) is 16.8 Å². The first-order valence-electron chi connectivity index (χ1n) is 8.01. The fourth-order valence-corrected chi connectivity index (χ4v) is 3.66. The van der Waals surface area contributed by atoms with E-state index in [-0.39, 0.29) is 23.3 Å². The second-order valence-corrected chi connectivity index (χ2v) is 8.10. The molecule has 0 spiro atoms. The molecule has 1 aromatic rings. The van der Waals surface area contributed by atoms with Gasteiger partial charge in [0.25, 0.3) is 0 Å². The quantitative estimate of drug-likeness (QED) is 0.882. The number of thiazole rings is 1. The van der Waals surface area contributed by atoms with Crippen molar-refractivity contribution in [2.75, 3.05) is 13.1 Å². The topological polar surface area (TPSA) is 88.3 Å². The number of carbonyl (C=O) groups excluding carboxylic acids is 2. The van der Waals surface area contributed by atoms with Crippen molar-refractivity contribution >= 4 is 23.3 Å². The number of urea groups is 1. The summed E-state index contributed by atoms with van der Waals surface area (Å²) >= 11 is 1.57. The highest BCUT2D eigenvalue weighted by atomic mass is 32.1. The van der Waals surface area contributed by atoms with Crippen LogP contribution in [-0.4, -0.2) is 34.9 Å². The molecule has 23 heavy (non-hydrogen) atoms. The van der Waals surface area contributed by atoms with E-state index in [0.29, 0.717) is 19.5 Å². The van der Waals surface area contributed by atoms with Crippen molar-refractivity contribution in [3.8, 4) is 0 Å². The Bertz CT molecular complexity index is 565. The zero-order chi connectivity index (χ0) is 17.0. The van der Waals surface area contributed by atoms with Crippen LogP contribution < -0.4 is 11.1 Å². The first-order valence-corrected chi connectivity index (χ1v) is 8.89. The van der Waals surface area contributed by atoms with Crippen molar-refractivity contribution in [3.63, 3.8) is 0 Å². The normalized spacial score (nSPS) is 18.7. The number of amides is 3. The van der Waals surface area contributed by atoms with Crippen LogP contribution in [0.4, 0.5) is 4.79 Å². The highest BCUT2D eigenvalue weighted by Gasteiger charge is 2.25. The summed E-state index contributed by atoms with van der Waals surface area (Å²) in [6.07, 6.45) is 2.22. The van der Waals surface area contributed by atoms with Crippen molar-refractivity contribution in [2.45, 2.75) is 52.0 Å². The molecule has 0 bridgehead atoms. The fourth-order valence-electron chi connectivity index (χ4n) is 2.70. The molecule has 3 amide bonds. The fraction of sp³-hybridized carbons (Fsp3) is 0.688. The van der Waals surface area contributed by atoms with E-state index < -0.39 is 0 Å². The number of piperidine rings is 1. The molecule has 1 fully saturated rings. The number of hydrogen-bond acceptors (Lipinski definition) is 4. The van der Waals surface area contributed by atoms with Crippen LogP contribution in [0.15, 0.2) is 5.38 Å². The maximum atomic E-state index is 12.3. The van der Waals surface area contributed by atoms with Gasteiger partial charge in [-0.15, -0.1) is 11.3 Å². The minimum Gasteiger partial charge on any atom is -0.370 e. The largest absolute Gasteiger partial charge is 0.370 e. The Labute approximate surface area is 141 Å².